The number of carbonyl (C=O) groups is 2. The predicted octanol–water partition coefficient (Wildman–Crippen LogP) is 1.55. The summed E-state index contributed by atoms with van der Waals surface area (Å²) in [6.07, 6.45) is -0.0692. The molecule has 9 nitrogen and oxygen atoms in total. The number of ketones is 1. The Morgan fingerprint density at radius 3 is 2.12 bits per heavy atom. The number of carbonyl (C=O) groups excluding carboxylic acids is 2. The fourth-order valence-corrected chi connectivity index (χ4v) is 5.83. The van der Waals surface area contributed by atoms with Gasteiger partial charge in [-0.2, -0.15) is 17.0 Å². The first-order chi connectivity index (χ1) is 15.2. The summed E-state index contributed by atoms with van der Waals surface area (Å²) in [5.74, 6) is 0.474. The van der Waals surface area contributed by atoms with E-state index in [2.05, 4.69) is 0 Å². The molecule has 32 heavy (non-hydrogen) atoms. The third-order valence-corrected chi connectivity index (χ3v) is 7.65. The summed E-state index contributed by atoms with van der Waals surface area (Å²) in [6, 6.07) is 6.89. The van der Waals surface area contributed by atoms with Crippen LogP contribution >= 0.6 is 0 Å². The van der Waals surface area contributed by atoms with Gasteiger partial charge < -0.3 is 14.4 Å². The fourth-order valence-electron chi connectivity index (χ4n) is 4.08. The Hall–Kier alpha value is -2.01. The SMILES string of the molecule is CCOc1ccc(C(=O)CCC(=O)N2CCN(S(=O)(=O)N3CC(C)OC(C)C3)CC2)cc1. The summed E-state index contributed by atoms with van der Waals surface area (Å²) < 4.78 is 39.9. The first-order valence-corrected chi connectivity index (χ1v) is 12.5. The zero-order chi connectivity index (χ0) is 23.3. The van der Waals surface area contributed by atoms with Crippen molar-refractivity contribution in [2.24, 2.45) is 0 Å². The number of morpholine rings is 1. The van der Waals surface area contributed by atoms with Crippen molar-refractivity contribution in [2.75, 3.05) is 45.9 Å². The quantitative estimate of drug-likeness (QED) is 0.538. The van der Waals surface area contributed by atoms with E-state index in [1.165, 1.54) is 8.61 Å². The molecule has 0 spiro atoms. The van der Waals surface area contributed by atoms with Crippen LogP contribution in [0.1, 0.15) is 44.0 Å². The Balaban J connectivity index is 1.47. The summed E-state index contributed by atoms with van der Waals surface area (Å²) >= 11 is 0. The summed E-state index contributed by atoms with van der Waals surface area (Å²) in [5.41, 5.74) is 0.547. The van der Waals surface area contributed by atoms with Crippen molar-refractivity contribution in [3.05, 3.63) is 29.8 Å². The van der Waals surface area contributed by atoms with Gasteiger partial charge >= 0.3 is 0 Å². The van der Waals surface area contributed by atoms with Gasteiger partial charge in [-0.3, -0.25) is 9.59 Å². The third kappa shape index (κ3) is 6.06. The summed E-state index contributed by atoms with van der Waals surface area (Å²) in [5, 5.41) is 0. The number of nitrogens with zero attached hydrogens (tertiary/aromatic N) is 3. The van der Waals surface area contributed by atoms with Crippen molar-refractivity contribution in [1.29, 1.82) is 0 Å². The Bertz CT molecular complexity index is 887. The van der Waals surface area contributed by atoms with E-state index in [9.17, 15) is 18.0 Å². The molecule has 2 aliphatic heterocycles. The van der Waals surface area contributed by atoms with E-state index < -0.39 is 10.2 Å². The molecular weight excluding hydrogens is 434 g/mol. The van der Waals surface area contributed by atoms with Crippen LogP contribution in [0.3, 0.4) is 0 Å². The van der Waals surface area contributed by atoms with Crippen LogP contribution in [0, 0.1) is 0 Å². The molecule has 2 aliphatic rings. The van der Waals surface area contributed by atoms with Crippen LogP contribution < -0.4 is 4.74 Å². The molecule has 2 heterocycles. The average molecular weight is 468 g/mol. The van der Waals surface area contributed by atoms with Gasteiger partial charge in [-0.15, -0.1) is 0 Å². The minimum atomic E-state index is -3.59. The number of amides is 1. The molecule has 0 saturated carbocycles. The number of rotatable bonds is 8. The highest BCUT2D eigenvalue weighted by atomic mass is 32.2. The molecule has 178 valence electrons. The molecule has 3 rings (SSSR count). The molecule has 10 heteroatoms. The van der Waals surface area contributed by atoms with Gasteiger partial charge in [-0.25, -0.2) is 0 Å². The van der Waals surface area contributed by atoms with Crippen LogP contribution in [-0.2, 0) is 19.7 Å². The van der Waals surface area contributed by atoms with E-state index in [1.807, 2.05) is 20.8 Å². The second-order valence-electron chi connectivity index (χ2n) is 8.24. The highest BCUT2D eigenvalue weighted by Gasteiger charge is 2.37. The molecule has 1 amide bonds. The van der Waals surface area contributed by atoms with Gasteiger partial charge in [-0.1, -0.05) is 0 Å². The lowest BCUT2D eigenvalue weighted by molar-refractivity contribution is -0.132. The maximum absolute atomic E-state index is 13.0. The van der Waals surface area contributed by atoms with Gasteiger partial charge in [-0.05, 0) is 45.0 Å². The van der Waals surface area contributed by atoms with Crippen LogP contribution in [0.25, 0.3) is 0 Å². The second-order valence-corrected chi connectivity index (χ2v) is 10.2. The summed E-state index contributed by atoms with van der Waals surface area (Å²) in [4.78, 5) is 26.6. The van der Waals surface area contributed by atoms with Crippen molar-refractivity contribution in [3.8, 4) is 5.75 Å². The molecular formula is C22H33N3O6S. The standard InChI is InChI=1S/C22H33N3O6S/c1-4-30-20-7-5-19(6-8-20)21(26)9-10-22(27)23-11-13-24(14-12-23)32(28,29)25-15-17(2)31-18(3)16-25/h5-8,17-18H,4,9-16H2,1-3H3. The lowest BCUT2D eigenvalue weighted by Gasteiger charge is -2.40. The van der Waals surface area contributed by atoms with E-state index >= 15 is 0 Å². The smallest absolute Gasteiger partial charge is 0.282 e. The fraction of sp³-hybridized carbons (Fsp3) is 0.636. The number of benzene rings is 1. The van der Waals surface area contributed by atoms with Gasteiger partial charge in [0, 0.05) is 57.7 Å². The molecule has 2 fully saturated rings. The number of piperazine rings is 1. The van der Waals surface area contributed by atoms with Crippen molar-refractivity contribution >= 4 is 21.9 Å². The van der Waals surface area contributed by atoms with Crippen molar-refractivity contribution in [1.82, 2.24) is 13.5 Å². The monoisotopic (exact) mass is 467 g/mol. The molecule has 1 aromatic carbocycles. The Labute approximate surface area is 190 Å². The lowest BCUT2D eigenvalue weighted by atomic mass is 10.1. The van der Waals surface area contributed by atoms with E-state index in [0.29, 0.717) is 44.1 Å². The number of ether oxygens (including phenoxy) is 2. The third-order valence-electron chi connectivity index (χ3n) is 5.68. The van der Waals surface area contributed by atoms with E-state index in [0.717, 1.165) is 0 Å². The highest BCUT2D eigenvalue weighted by molar-refractivity contribution is 7.86. The molecule has 2 saturated heterocycles. The molecule has 0 aliphatic carbocycles. The normalized spacial score (nSPS) is 23.2. The van der Waals surface area contributed by atoms with Crippen LogP contribution in [0.2, 0.25) is 0 Å². The molecule has 2 atom stereocenters. The lowest BCUT2D eigenvalue weighted by Crippen LogP contribution is -2.57. The first kappa shape index (κ1) is 24.6. The molecule has 0 bridgehead atoms. The average Bonchev–Trinajstić information content (AvgIpc) is 2.77. The molecule has 1 aromatic rings. The van der Waals surface area contributed by atoms with Gasteiger partial charge in [0.1, 0.15) is 5.75 Å². The predicted molar refractivity (Wildman–Crippen MR) is 120 cm³/mol. The van der Waals surface area contributed by atoms with Crippen LogP contribution in [0.4, 0.5) is 0 Å². The maximum atomic E-state index is 13.0. The Morgan fingerprint density at radius 1 is 0.969 bits per heavy atom. The largest absolute Gasteiger partial charge is 0.494 e. The van der Waals surface area contributed by atoms with Crippen molar-refractivity contribution in [3.63, 3.8) is 0 Å². The minimum absolute atomic E-state index is 0.0989. The topological polar surface area (TPSA) is 96.5 Å². The molecule has 2 unspecified atom stereocenters. The van der Waals surface area contributed by atoms with Gasteiger partial charge in [0.2, 0.25) is 5.91 Å². The Kier molecular flexibility index (Phi) is 8.26. The highest BCUT2D eigenvalue weighted by Crippen LogP contribution is 2.19. The van der Waals surface area contributed by atoms with E-state index in [-0.39, 0.29) is 49.8 Å². The number of hydrogen-bond donors (Lipinski definition) is 0. The number of hydrogen-bond acceptors (Lipinski definition) is 6. The van der Waals surface area contributed by atoms with Crippen molar-refractivity contribution in [2.45, 2.75) is 45.8 Å². The molecule has 0 aromatic heterocycles. The van der Waals surface area contributed by atoms with Gasteiger partial charge in [0.15, 0.2) is 5.78 Å². The number of Topliss-reactive ketones (excluding diaryl/α,β-unsaturated/α-hetero) is 1. The Morgan fingerprint density at radius 2 is 1.56 bits per heavy atom. The summed E-state index contributed by atoms with van der Waals surface area (Å²) in [6.45, 7) is 7.99. The second kappa shape index (κ2) is 10.7. The van der Waals surface area contributed by atoms with E-state index in [1.54, 1.807) is 29.2 Å². The van der Waals surface area contributed by atoms with Crippen LogP contribution in [0.5, 0.6) is 5.75 Å². The van der Waals surface area contributed by atoms with Gasteiger partial charge in [0.25, 0.3) is 10.2 Å². The molecule has 0 N–H and O–H groups in total. The maximum Gasteiger partial charge on any atom is 0.282 e. The van der Waals surface area contributed by atoms with Crippen LogP contribution in [-0.4, -0.2) is 91.7 Å². The molecule has 0 radical (unpaired) electrons. The van der Waals surface area contributed by atoms with Crippen LogP contribution in [0.15, 0.2) is 24.3 Å². The van der Waals surface area contributed by atoms with E-state index in [4.69, 9.17) is 9.47 Å². The summed E-state index contributed by atoms with van der Waals surface area (Å²) in [7, 11) is -3.59. The van der Waals surface area contributed by atoms with Gasteiger partial charge in [0.05, 0.1) is 18.8 Å². The zero-order valence-corrected chi connectivity index (χ0v) is 19.8. The minimum Gasteiger partial charge on any atom is -0.494 e. The van der Waals surface area contributed by atoms with Crippen molar-refractivity contribution < 1.29 is 27.5 Å². The first-order valence-electron chi connectivity index (χ1n) is 11.1. The zero-order valence-electron chi connectivity index (χ0n) is 19.0.